The van der Waals surface area contributed by atoms with E-state index in [1.54, 1.807) is 12.4 Å². The van der Waals surface area contributed by atoms with Crippen molar-refractivity contribution in [3.63, 3.8) is 0 Å². The molecule has 1 atom stereocenters. The Morgan fingerprint density at radius 1 is 1.24 bits per heavy atom. The van der Waals surface area contributed by atoms with Gasteiger partial charge in [-0.3, -0.25) is 4.98 Å². The molecule has 3 rings (SSSR count). The van der Waals surface area contributed by atoms with E-state index in [0.717, 1.165) is 28.2 Å². The number of nitrogens with two attached hydrogens (primary N) is 1. The molecule has 0 bridgehead atoms. The van der Waals surface area contributed by atoms with Gasteiger partial charge in [0.25, 0.3) is 0 Å². The van der Waals surface area contributed by atoms with Crippen molar-refractivity contribution in [1.29, 1.82) is 0 Å². The van der Waals surface area contributed by atoms with Crippen LogP contribution in [0.2, 0.25) is 0 Å². The van der Waals surface area contributed by atoms with Crippen molar-refractivity contribution < 1.29 is 0 Å². The molecular weight excluding hydrogens is 280 g/mol. The van der Waals surface area contributed by atoms with E-state index in [2.05, 4.69) is 22.5 Å². The molecule has 0 radical (unpaired) electrons. The van der Waals surface area contributed by atoms with E-state index in [9.17, 15) is 0 Å². The zero-order valence-electron chi connectivity index (χ0n) is 11.9. The Morgan fingerprint density at radius 3 is 2.62 bits per heavy atom. The number of thiocarbonyl (C=S) groups is 1. The van der Waals surface area contributed by atoms with Crippen LogP contribution in [0.3, 0.4) is 0 Å². The van der Waals surface area contributed by atoms with Gasteiger partial charge in [-0.1, -0.05) is 25.2 Å². The summed E-state index contributed by atoms with van der Waals surface area (Å²) in [6, 6.07) is 7.96. The number of imidazole rings is 1. The first kappa shape index (κ1) is 13.7. The average Bonchev–Trinajstić information content (AvgIpc) is 2.85. The molecule has 0 fully saturated rings. The first-order chi connectivity index (χ1) is 10.1. The van der Waals surface area contributed by atoms with Crippen LogP contribution in [0.15, 0.2) is 42.9 Å². The Balaban J connectivity index is 2.33. The van der Waals surface area contributed by atoms with Gasteiger partial charge in [0.2, 0.25) is 0 Å². The molecule has 2 N–H and O–H groups in total. The first-order valence-corrected chi connectivity index (χ1v) is 7.17. The monoisotopic (exact) mass is 296 g/mol. The fourth-order valence-electron chi connectivity index (χ4n) is 2.44. The predicted molar refractivity (Wildman–Crippen MR) is 88.4 cm³/mol. The zero-order chi connectivity index (χ0) is 15.0. The SMILES string of the molecule is Cc1ccc2nc(-c3ccncc3)c(C(C)C(N)=S)n2c1. The second-order valence-electron chi connectivity index (χ2n) is 5.14. The summed E-state index contributed by atoms with van der Waals surface area (Å²) < 4.78 is 2.08. The summed E-state index contributed by atoms with van der Waals surface area (Å²) in [5.74, 6) is -0.0556. The van der Waals surface area contributed by atoms with Crippen LogP contribution in [-0.4, -0.2) is 19.4 Å². The highest BCUT2D eigenvalue weighted by Gasteiger charge is 2.21. The molecule has 0 saturated carbocycles. The molecule has 3 heterocycles. The summed E-state index contributed by atoms with van der Waals surface area (Å²) in [4.78, 5) is 9.28. The fraction of sp³-hybridized carbons (Fsp3) is 0.188. The Bertz CT molecular complexity index is 808. The highest BCUT2D eigenvalue weighted by atomic mass is 32.1. The lowest BCUT2D eigenvalue weighted by atomic mass is 10.0. The van der Waals surface area contributed by atoms with Gasteiger partial charge in [-0.15, -0.1) is 0 Å². The average molecular weight is 296 g/mol. The van der Waals surface area contributed by atoms with E-state index in [1.165, 1.54) is 0 Å². The van der Waals surface area contributed by atoms with E-state index >= 15 is 0 Å². The second-order valence-corrected chi connectivity index (χ2v) is 5.61. The molecule has 4 nitrogen and oxygen atoms in total. The van der Waals surface area contributed by atoms with Gasteiger partial charge >= 0.3 is 0 Å². The number of nitrogens with zero attached hydrogens (tertiary/aromatic N) is 3. The summed E-state index contributed by atoms with van der Waals surface area (Å²) in [5.41, 5.74) is 10.9. The molecule has 0 aromatic carbocycles. The number of fused-ring (bicyclic) bond motifs is 1. The molecule has 0 aliphatic rings. The van der Waals surface area contributed by atoms with Gasteiger partial charge in [0.1, 0.15) is 5.65 Å². The van der Waals surface area contributed by atoms with Crippen molar-refractivity contribution in [3.05, 3.63) is 54.1 Å². The molecule has 0 aliphatic heterocycles. The molecule has 5 heteroatoms. The Hall–Kier alpha value is -2.27. The van der Waals surface area contributed by atoms with Crippen LogP contribution < -0.4 is 5.73 Å². The number of hydrogen-bond donors (Lipinski definition) is 1. The Labute approximate surface area is 128 Å². The van der Waals surface area contributed by atoms with Gasteiger partial charge in [-0.2, -0.15) is 0 Å². The van der Waals surface area contributed by atoms with Gasteiger partial charge in [-0.25, -0.2) is 4.98 Å². The maximum Gasteiger partial charge on any atom is 0.137 e. The van der Waals surface area contributed by atoms with Crippen LogP contribution in [0.5, 0.6) is 0 Å². The minimum Gasteiger partial charge on any atom is -0.393 e. The number of aromatic nitrogens is 3. The topological polar surface area (TPSA) is 56.2 Å². The van der Waals surface area contributed by atoms with E-state index in [4.69, 9.17) is 22.9 Å². The molecule has 0 aliphatic carbocycles. The molecule has 106 valence electrons. The molecule has 1 unspecified atom stereocenters. The smallest absolute Gasteiger partial charge is 0.137 e. The van der Waals surface area contributed by atoms with Crippen molar-refractivity contribution in [2.75, 3.05) is 0 Å². The van der Waals surface area contributed by atoms with Crippen molar-refractivity contribution in [1.82, 2.24) is 14.4 Å². The largest absolute Gasteiger partial charge is 0.393 e. The predicted octanol–water partition coefficient (Wildman–Crippen LogP) is 3.09. The van der Waals surface area contributed by atoms with E-state index in [0.29, 0.717) is 4.99 Å². The standard InChI is InChI=1S/C16H16N4S/c1-10-3-4-13-19-14(12-5-7-18-8-6-12)15(20(13)9-10)11(2)16(17)21/h3-9,11H,1-2H3,(H2,17,21). The number of pyridine rings is 2. The summed E-state index contributed by atoms with van der Waals surface area (Å²) in [6.07, 6.45) is 5.59. The lowest BCUT2D eigenvalue weighted by molar-refractivity contribution is 0.926. The molecule has 3 aromatic rings. The second kappa shape index (κ2) is 5.26. The maximum absolute atomic E-state index is 5.88. The molecule has 0 spiro atoms. The van der Waals surface area contributed by atoms with Crippen molar-refractivity contribution in [2.24, 2.45) is 5.73 Å². The molecule has 0 saturated heterocycles. The van der Waals surface area contributed by atoms with Crippen LogP contribution in [0.1, 0.15) is 24.1 Å². The highest BCUT2D eigenvalue weighted by Crippen LogP contribution is 2.30. The summed E-state index contributed by atoms with van der Waals surface area (Å²) in [6.45, 7) is 4.07. The van der Waals surface area contributed by atoms with E-state index in [1.807, 2.05) is 31.2 Å². The van der Waals surface area contributed by atoms with Crippen LogP contribution in [0.25, 0.3) is 16.9 Å². The van der Waals surface area contributed by atoms with Crippen LogP contribution >= 0.6 is 12.2 Å². The number of hydrogen-bond acceptors (Lipinski definition) is 3. The summed E-state index contributed by atoms with van der Waals surface area (Å²) in [5, 5.41) is 0. The third-order valence-electron chi connectivity index (χ3n) is 3.59. The van der Waals surface area contributed by atoms with E-state index in [-0.39, 0.29) is 5.92 Å². The zero-order valence-corrected chi connectivity index (χ0v) is 12.8. The summed E-state index contributed by atoms with van der Waals surface area (Å²) in [7, 11) is 0. The minimum absolute atomic E-state index is 0.0556. The van der Waals surface area contributed by atoms with E-state index < -0.39 is 0 Å². The van der Waals surface area contributed by atoms with Crippen LogP contribution in [0.4, 0.5) is 0 Å². The fourth-order valence-corrected chi connectivity index (χ4v) is 2.55. The quantitative estimate of drug-likeness (QED) is 0.755. The Kier molecular flexibility index (Phi) is 3.43. The maximum atomic E-state index is 5.88. The van der Waals surface area contributed by atoms with Gasteiger partial charge in [-0.05, 0) is 30.7 Å². The third kappa shape index (κ3) is 2.40. The highest BCUT2D eigenvalue weighted by molar-refractivity contribution is 7.80. The number of rotatable bonds is 3. The lowest BCUT2D eigenvalue weighted by Gasteiger charge is -2.12. The van der Waals surface area contributed by atoms with Crippen molar-refractivity contribution >= 4 is 22.9 Å². The molecule has 21 heavy (non-hydrogen) atoms. The van der Waals surface area contributed by atoms with Crippen molar-refractivity contribution in [2.45, 2.75) is 19.8 Å². The van der Waals surface area contributed by atoms with Crippen LogP contribution in [-0.2, 0) is 0 Å². The van der Waals surface area contributed by atoms with Gasteiger partial charge in [0.05, 0.1) is 16.4 Å². The van der Waals surface area contributed by atoms with Crippen molar-refractivity contribution in [3.8, 4) is 11.3 Å². The molecular formula is C16H16N4S. The van der Waals surface area contributed by atoms with Gasteiger partial charge in [0, 0.05) is 30.1 Å². The number of aryl methyl sites for hydroxylation is 1. The first-order valence-electron chi connectivity index (χ1n) is 6.76. The minimum atomic E-state index is -0.0556. The van der Waals surface area contributed by atoms with Crippen LogP contribution in [0, 0.1) is 6.92 Å². The Morgan fingerprint density at radius 2 is 1.95 bits per heavy atom. The van der Waals surface area contributed by atoms with Gasteiger partial charge in [0.15, 0.2) is 0 Å². The third-order valence-corrected chi connectivity index (χ3v) is 3.95. The van der Waals surface area contributed by atoms with Gasteiger partial charge < -0.3 is 10.1 Å². The molecule has 3 aromatic heterocycles. The normalized spacial score (nSPS) is 12.5. The lowest BCUT2D eigenvalue weighted by Crippen LogP contribution is -2.18. The molecule has 0 amide bonds. The summed E-state index contributed by atoms with van der Waals surface area (Å²) >= 11 is 5.20.